The van der Waals surface area contributed by atoms with Crippen LogP contribution in [0.1, 0.15) is 32.3 Å². The Morgan fingerprint density at radius 1 is 1.19 bits per heavy atom. The number of hydrogen-bond donors (Lipinski definition) is 0. The molecule has 4 rings (SSSR count). The summed E-state index contributed by atoms with van der Waals surface area (Å²) < 4.78 is 10.9. The van der Waals surface area contributed by atoms with E-state index in [-0.39, 0.29) is 17.2 Å². The van der Waals surface area contributed by atoms with Gasteiger partial charge in [0.15, 0.2) is 0 Å². The van der Waals surface area contributed by atoms with Gasteiger partial charge in [0, 0.05) is 49.0 Å². The van der Waals surface area contributed by atoms with Gasteiger partial charge < -0.3 is 14.4 Å². The Balaban J connectivity index is 1.80. The standard InChI is InChI=1S/C22H26N2O3/c1-15(2)21(25)24-14-22(7-10-27-11-8-22)18-12-16(4-5-19(18)24)17-6-9-23-20(13-17)26-3/h4-6,9,12-13,15H,7-8,10-11,14H2,1-3H3. The number of hydrogen-bond acceptors (Lipinski definition) is 4. The molecule has 0 N–H and O–H groups in total. The number of rotatable bonds is 3. The van der Waals surface area contributed by atoms with Crippen LogP contribution in [0, 0.1) is 5.92 Å². The van der Waals surface area contributed by atoms with Crippen LogP contribution in [0.25, 0.3) is 11.1 Å². The normalized spacial score (nSPS) is 18.0. The lowest BCUT2D eigenvalue weighted by Crippen LogP contribution is -2.41. The molecule has 0 aliphatic carbocycles. The predicted octanol–water partition coefficient (Wildman–Crippen LogP) is 3.81. The van der Waals surface area contributed by atoms with E-state index in [9.17, 15) is 4.79 Å². The number of methoxy groups -OCH3 is 1. The molecule has 5 heteroatoms. The Morgan fingerprint density at radius 3 is 2.63 bits per heavy atom. The molecule has 0 unspecified atom stereocenters. The SMILES string of the molecule is COc1cc(-c2ccc3c(c2)C2(CCOCC2)CN3C(=O)C(C)C)ccn1. The summed E-state index contributed by atoms with van der Waals surface area (Å²) in [6.45, 7) is 6.18. The average Bonchev–Trinajstić information content (AvgIpc) is 3.01. The Hall–Kier alpha value is -2.40. The molecular formula is C22H26N2O3. The zero-order valence-electron chi connectivity index (χ0n) is 16.2. The summed E-state index contributed by atoms with van der Waals surface area (Å²) in [4.78, 5) is 19.0. The minimum atomic E-state index is -0.0167. The second kappa shape index (κ2) is 6.97. The molecule has 2 aliphatic heterocycles. The van der Waals surface area contributed by atoms with Crippen molar-refractivity contribution in [2.45, 2.75) is 32.1 Å². The zero-order valence-corrected chi connectivity index (χ0v) is 16.2. The van der Waals surface area contributed by atoms with Crippen LogP contribution in [0.4, 0.5) is 5.69 Å². The van der Waals surface area contributed by atoms with Crippen LogP contribution in [0.2, 0.25) is 0 Å². The van der Waals surface area contributed by atoms with Gasteiger partial charge in [0.2, 0.25) is 11.8 Å². The lowest BCUT2D eigenvalue weighted by Gasteiger charge is -2.34. The Kier molecular flexibility index (Phi) is 4.64. The highest BCUT2D eigenvalue weighted by molar-refractivity contribution is 5.98. The van der Waals surface area contributed by atoms with E-state index in [1.54, 1.807) is 13.3 Å². The molecule has 1 spiro atoms. The number of fused-ring (bicyclic) bond motifs is 2. The number of pyridine rings is 1. The Morgan fingerprint density at radius 2 is 1.93 bits per heavy atom. The predicted molar refractivity (Wildman–Crippen MR) is 105 cm³/mol. The first-order chi connectivity index (χ1) is 13.0. The van der Waals surface area contributed by atoms with Gasteiger partial charge in [-0.15, -0.1) is 0 Å². The van der Waals surface area contributed by atoms with Crippen molar-refractivity contribution in [1.29, 1.82) is 0 Å². The molecule has 1 saturated heterocycles. The molecule has 3 heterocycles. The summed E-state index contributed by atoms with van der Waals surface area (Å²) in [5, 5.41) is 0. The molecule has 1 fully saturated rings. The summed E-state index contributed by atoms with van der Waals surface area (Å²) in [5.41, 5.74) is 4.51. The molecule has 1 amide bonds. The van der Waals surface area contributed by atoms with E-state index in [1.165, 1.54) is 5.56 Å². The molecule has 0 bridgehead atoms. The molecule has 27 heavy (non-hydrogen) atoms. The highest BCUT2D eigenvalue weighted by atomic mass is 16.5. The van der Waals surface area contributed by atoms with Gasteiger partial charge in [-0.05, 0) is 47.7 Å². The van der Waals surface area contributed by atoms with Crippen molar-refractivity contribution in [1.82, 2.24) is 4.98 Å². The first-order valence-corrected chi connectivity index (χ1v) is 9.58. The number of ether oxygens (including phenoxy) is 2. The number of carbonyl (C=O) groups excluding carboxylic acids is 1. The highest BCUT2D eigenvalue weighted by Crippen LogP contribution is 2.48. The number of aromatic nitrogens is 1. The van der Waals surface area contributed by atoms with Gasteiger partial charge >= 0.3 is 0 Å². The molecule has 2 aromatic rings. The maximum absolute atomic E-state index is 12.8. The van der Waals surface area contributed by atoms with Gasteiger partial charge in [-0.2, -0.15) is 0 Å². The molecule has 142 valence electrons. The summed E-state index contributed by atoms with van der Waals surface area (Å²) in [5.74, 6) is 0.778. The topological polar surface area (TPSA) is 51.7 Å². The third kappa shape index (κ3) is 3.10. The fraction of sp³-hybridized carbons (Fsp3) is 0.455. The monoisotopic (exact) mass is 366 g/mol. The molecule has 1 aromatic carbocycles. The summed E-state index contributed by atoms with van der Waals surface area (Å²) in [6.07, 6.45) is 3.66. The quantitative estimate of drug-likeness (QED) is 0.829. The van der Waals surface area contributed by atoms with Crippen molar-refractivity contribution in [3.05, 3.63) is 42.1 Å². The van der Waals surface area contributed by atoms with Gasteiger partial charge in [0.25, 0.3) is 0 Å². The van der Waals surface area contributed by atoms with E-state index in [0.29, 0.717) is 5.88 Å². The van der Waals surface area contributed by atoms with Gasteiger partial charge in [0.1, 0.15) is 0 Å². The van der Waals surface area contributed by atoms with Crippen molar-refractivity contribution < 1.29 is 14.3 Å². The van der Waals surface area contributed by atoms with Crippen LogP contribution in [-0.2, 0) is 14.9 Å². The fourth-order valence-corrected chi connectivity index (χ4v) is 4.25. The maximum Gasteiger partial charge on any atom is 0.229 e. The van der Waals surface area contributed by atoms with Crippen molar-refractivity contribution in [3.63, 3.8) is 0 Å². The van der Waals surface area contributed by atoms with Crippen LogP contribution in [0.15, 0.2) is 36.5 Å². The highest BCUT2D eigenvalue weighted by Gasteiger charge is 2.45. The maximum atomic E-state index is 12.8. The summed E-state index contributed by atoms with van der Waals surface area (Å²) >= 11 is 0. The number of anilines is 1. The second-order valence-electron chi connectivity index (χ2n) is 7.79. The van der Waals surface area contributed by atoms with E-state index in [0.717, 1.165) is 49.4 Å². The van der Waals surface area contributed by atoms with Crippen LogP contribution in [0.3, 0.4) is 0 Å². The molecule has 2 aliphatic rings. The lowest BCUT2D eigenvalue weighted by atomic mass is 9.75. The van der Waals surface area contributed by atoms with E-state index in [2.05, 4.69) is 23.2 Å². The fourth-order valence-electron chi connectivity index (χ4n) is 4.25. The largest absolute Gasteiger partial charge is 0.481 e. The number of benzene rings is 1. The second-order valence-corrected chi connectivity index (χ2v) is 7.79. The van der Waals surface area contributed by atoms with Gasteiger partial charge in [-0.1, -0.05) is 19.9 Å². The van der Waals surface area contributed by atoms with Crippen LogP contribution in [0.5, 0.6) is 5.88 Å². The van der Waals surface area contributed by atoms with Gasteiger partial charge in [0.05, 0.1) is 7.11 Å². The smallest absolute Gasteiger partial charge is 0.229 e. The Bertz CT molecular complexity index is 856. The average molecular weight is 366 g/mol. The zero-order chi connectivity index (χ0) is 19.0. The number of carbonyl (C=O) groups is 1. The summed E-state index contributed by atoms with van der Waals surface area (Å²) in [6, 6.07) is 10.4. The van der Waals surface area contributed by atoms with Crippen LogP contribution in [-0.4, -0.2) is 37.8 Å². The van der Waals surface area contributed by atoms with Crippen molar-refractivity contribution in [2.75, 3.05) is 31.8 Å². The van der Waals surface area contributed by atoms with Gasteiger partial charge in [-0.25, -0.2) is 4.98 Å². The minimum absolute atomic E-state index is 0.00867. The third-order valence-electron chi connectivity index (χ3n) is 5.81. The number of nitrogens with zero attached hydrogens (tertiary/aromatic N) is 2. The molecular weight excluding hydrogens is 340 g/mol. The van der Waals surface area contributed by atoms with Crippen LogP contribution < -0.4 is 9.64 Å². The molecule has 0 radical (unpaired) electrons. The van der Waals surface area contributed by atoms with E-state index in [1.807, 2.05) is 30.9 Å². The van der Waals surface area contributed by atoms with E-state index >= 15 is 0 Å². The molecule has 1 aromatic heterocycles. The van der Waals surface area contributed by atoms with E-state index in [4.69, 9.17) is 9.47 Å². The molecule has 0 atom stereocenters. The third-order valence-corrected chi connectivity index (χ3v) is 5.81. The first kappa shape index (κ1) is 18.0. The van der Waals surface area contributed by atoms with Gasteiger partial charge in [-0.3, -0.25) is 4.79 Å². The lowest BCUT2D eigenvalue weighted by molar-refractivity contribution is -0.121. The molecule has 5 nitrogen and oxygen atoms in total. The van der Waals surface area contributed by atoms with Crippen molar-refractivity contribution >= 4 is 11.6 Å². The van der Waals surface area contributed by atoms with E-state index < -0.39 is 0 Å². The van der Waals surface area contributed by atoms with Crippen LogP contribution >= 0.6 is 0 Å². The minimum Gasteiger partial charge on any atom is -0.481 e. The Labute approximate surface area is 160 Å². The van der Waals surface area contributed by atoms with Crippen molar-refractivity contribution in [2.24, 2.45) is 5.92 Å². The summed E-state index contributed by atoms with van der Waals surface area (Å²) in [7, 11) is 1.63. The molecule has 0 saturated carbocycles. The first-order valence-electron chi connectivity index (χ1n) is 9.58. The number of amides is 1. The van der Waals surface area contributed by atoms with Crippen molar-refractivity contribution in [3.8, 4) is 17.0 Å².